The number of aromatic hydroxyl groups is 1. The first-order valence-corrected chi connectivity index (χ1v) is 12.6. The number of aromatic nitrogens is 3. The number of nitrogens with zero attached hydrogens (tertiary/aromatic N) is 5. The fourth-order valence-electron chi connectivity index (χ4n) is 5.66. The van der Waals surface area contributed by atoms with Crippen molar-refractivity contribution in [1.82, 2.24) is 14.9 Å². The van der Waals surface area contributed by atoms with Gasteiger partial charge in [-0.05, 0) is 35.4 Å². The van der Waals surface area contributed by atoms with E-state index in [-0.39, 0.29) is 12.5 Å². The zero-order valence-corrected chi connectivity index (χ0v) is 20.7. The second-order valence-corrected chi connectivity index (χ2v) is 9.69. The van der Waals surface area contributed by atoms with Crippen molar-refractivity contribution in [1.29, 1.82) is 0 Å². The third-order valence-corrected chi connectivity index (χ3v) is 7.62. The third-order valence-electron chi connectivity index (χ3n) is 7.62. The summed E-state index contributed by atoms with van der Waals surface area (Å²) in [4.78, 5) is 13.5. The topological polar surface area (TPSA) is 84.1 Å². The molecule has 0 bridgehead atoms. The van der Waals surface area contributed by atoms with Gasteiger partial charge in [-0.1, -0.05) is 0 Å². The van der Waals surface area contributed by atoms with Gasteiger partial charge in [-0.15, -0.1) is 0 Å². The van der Waals surface area contributed by atoms with Gasteiger partial charge >= 0.3 is 0 Å². The molecule has 0 spiro atoms. The molecule has 9 nitrogen and oxygen atoms in total. The van der Waals surface area contributed by atoms with Crippen LogP contribution in [0.2, 0.25) is 0 Å². The minimum absolute atomic E-state index is 0.180. The van der Waals surface area contributed by atoms with Gasteiger partial charge in [-0.25, -0.2) is 9.97 Å². The highest BCUT2D eigenvalue weighted by atomic mass is 16.7. The summed E-state index contributed by atoms with van der Waals surface area (Å²) in [6.07, 6.45) is 6.52. The molecule has 1 N–H and O–H groups in total. The molecule has 3 aliphatic rings. The van der Waals surface area contributed by atoms with Crippen molar-refractivity contribution < 1.29 is 23.9 Å². The molecule has 3 aliphatic heterocycles. The van der Waals surface area contributed by atoms with Crippen molar-refractivity contribution in [2.24, 2.45) is 0 Å². The number of aryl methyl sites for hydroxylation is 2. The van der Waals surface area contributed by atoms with Crippen molar-refractivity contribution in [3.8, 4) is 34.3 Å². The molecule has 4 aromatic rings. The Morgan fingerprint density at radius 3 is 2.57 bits per heavy atom. The average molecular weight is 499 g/mol. The van der Waals surface area contributed by atoms with E-state index in [0.717, 1.165) is 90.7 Å². The maximum atomic E-state index is 11.1. The van der Waals surface area contributed by atoms with Crippen LogP contribution < -0.4 is 23.7 Å². The first kappa shape index (κ1) is 22.1. The number of methoxy groups -OCH3 is 1. The fourth-order valence-corrected chi connectivity index (χ4v) is 5.66. The number of piperazine rings is 1. The van der Waals surface area contributed by atoms with Gasteiger partial charge in [-0.3, -0.25) is 4.90 Å². The van der Waals surface area contributed by atoms with Crippen molar-refractivity contribution in [3.63, 3.8) is 0 Å². The molecule has 0 amide bonds. The minimum Gasteiger partial charge on any atom is -0.504 e. The number of pyridine rings is 1. The van der Waals surface area contributed by atoms with Crippen LogP contribution in [0.4, 0.5) is 5.95 Å². The number of hydrogen-bond acceptors (Lipinski definition) is 8. The summed E-state index contributed by atoms with van der Waals surface area (Å²) in [6.45, 7) is 5.37. The lowest BCUT2D eigenvalue weighted by atomic mass is 9.94. The Morgan fingerprint density at radius 1 is 1.00 bits per heavy atom. The van der Waals surface area contributed by atoms with Gasteiger partial charge in [-0.2, -0.15) is 4.57 Å². The summed E-state index contributed by atoms with van der Waals surface area (Å²) in [6, 6.07) is 10.2. The van der Waals surface area contributed by atoms with E-state index in [0.29, 0.717) is 5.75 Å². The second-order valence-electron chi connectivity index (χ2n) is 9.69. The summed E-state index contributed by atoms with van der Waals surface area (Å²) in [5.41, 5.74) is 4.64. The smallest absolute Gasteiger partial charge is 0.231 e. The number of phenols is 1. The fraction of sp³-hybridized carbons (Fsp3) is 0.321. The molecule has 0 radical (unpaired) electrons. The number of anilines is 1. The Kier molecular flexibility index (Phi) is 5.24. The molecule has 2 aromatic carbocycles. The first-order valence-electron chi connectivity index (χ1n) is 12.6. The van der Waals surface area contributed by atoms with E-state index in [1.165, 1.54) is 5.56 Å². The van der Waals surface area contributed by atoms with E-state index in [2.05, 4.69) is 48.7 Å². The van der Waals surface area contributed by atoms with Crippen LogP contribution in [-0.2, 0) is 19.5 Å². The van der Waals surface area contributed by atoms with Crippen LogP contribution in [0.1, 0.15) is 11.1 Å². The zero-order valence-electron chi connectivity index (χ0n) is 20.7. The molecule has 5 heterocycles. The lowest BCUT2D eigenvalue weighted by Gasteiger charge is -2.34. The summed E-state index contributed by atoms with van der Waals surface area (Å²) in [5, 5.41) is 12.9. The molecule has 0 aliphatic carbocycles. The number of phenolic OH excluding ortho intramolecular Hbond substituents is 1. The quantitative estimate of drug-likeness (QED) is 0.430. The Hall–Kier alpha value is -4.11. The Morgan fingerprint density at radius 2 is 1.78 bits per heavy atom. The molecule has 0 saturated carbocycles. The van der Waals surface area contributed by atoms with E-state index in [1.54, 1.807) is 19.5 Å². The van der Waals surface area contributed by atoms with E-state index in [9.17, 15) is 5.11 Å². The highest BCUT2D eigenvalue weighted by molar-refractivity contribution is 5.94. The molecule has 1 saturated heterocycles. The van der Waals surface area contributed by atoms with Crippen LogP contribution in [0.3, 0.4) is 0 Å². The van der Waals surface area contributed by atoms with E-state index >= 15 is 0 Å². The number of ether oxygens (including phenoxy) is 3. The molecule has 9 heteroatoms. The average Bonchev–Trinajstić information content (AvgIpc) is 3.41. The van der Waals surface area contributed by atoms with Gasteiger partial charge in [0.25, 0.3) is 0 Å². The number of hydrogen-bond donors (Lipinski definition) is 1. The molecule has 1 fully saturated rings. The van der Waals surface area contributed by atoms with Crippen molar-refractivity contribution >= 4 is 16.7 Å². The summed E-state index contributed by atoms with van der Waals surface area (Å²) >= 11 is 0. The van der Waals surface area contributed by atoms with Crippen molar-refractivity contribution in [2.75, 3.05) is 45.0 Å². The maximum Gasteiger partial charge on any atom is 0.231 e. The first-order chi connectivity index (χ1) is 18.2. The minimum atomic E-state index is 0.180. The standard InChI is InChI=1S/C28H27N5O4/c1-35-26-12-19(15-31-7-9-32(10-8-31)28-29-4-2-5-30-28)20-13-23-21-14-25-24(36-17-37-25)11-18(21)3-6-33(23)16-22(20)27(26)34/h2,4-5,11-14,16H,3,6-10,15,17H2,1H3/p+1. The van der Waals surface area contributed by atoms with Crippen LogP contribution in [-0.4, -0.2) is 60.1 Å². The highest BCUT2D eigenvalue weighted by Gasteiger charge is 2.30. The summed E-state index contributed by atoms with van der Waals surface area (Å²) < 4.78 is 19.1. The maximum absolute atomic E-state index is 11.1. The van der Waals surface area contributed by atoms with Crippen LogP contribution in [0.5, 0.6) is 23.0 Å². The van der Waals surface area contributed by atoms with Gasteiger partial charge in [0.1, 0.15) is 0 Å². The Bertz CT molecular complexity index is 1500. The highest BCUT2D eigenvalue weighted by Crippen LogP contribution is 2.42. The Balaban J connectivity index is 1.25. The molecule has 2 aromatic heterocycles. The monoisotopic (exact) mass is 498 g/mol. The Labute approximate surface area is 214 Å². The van der Waals surface area contributed by atoms with Gasteiger partial charge in [0.15, 0.2) is 35.7 Å². The molecule has 0 unspecified atom stereocenters. The normalized spacial score (nSPS) is 16.5. The van der Waals surface area contributed by atoms with Crippen LogP contribution in [0, 0.1) is 0 Å². The van der Waals surface area contributed by atoms with Crippen LogP contribution in [0.25, 0.3) is 22.0 Å². The van der Waals surface area contributed by atoms with Crippen LogP contribution >= 0.6 is 0 Å². The summed E-state index contributed by atoms with van der Waals surface area (Å²) in [7, 11) is 1.60. The van der Waals surface area contributed by atoms with Gasteiger partial charge in [0.2, 0.25) is 18.4 Å². The van der Waals surface area contributed by atoms with Crippen LogP contribution in [0.15, 0.2) is 48.9 Å². The van der Waals surface area contributed by atoms with Gasteiger partial charge < -0.3 is 24.2 Å². The molecular weight excluding hydrogens is 470 g/mol. The molecule has 0 atom stereocenters. The van der Waals surface area contributed by atoms with Crippen molar-refractivity contribution in [2.45, 2.75) is 19.5 Å². The largest absolute Gasteiger partial charge is 0.504 e. The molecule has 188 valence electrons. The molecule has 37 heavy (non-hydrogen) atoms. The van der Waals surface area contributed by atoms with Gasteiger partial charge in [0.05, 0.1) is 18.1 Å². The lowest BCUT2D eigenvalue weighted by Crippen LogP contribution is -2.46. The predicted octanol–water partition coefficient (Wildman–Crippen LogP) is 2.91. The number of benzene rings is 2. The lowest BCUT2D eigenvalue weighted by molar-refractivity contribution is -0.686. The molecule has 7 rings (SSSR count). The van der Waals surface area contributed by atoms with Crippen molar-refractivity contribution in [3.05, 3.63) is 60.0 Å². The number of fused-ring (bicyclic) bond motifs is 5. The second kappa shape index (κ2) is 8.77. The SMILES string of the molecule is COc1cc(CN2CCN(c3ncccn3)CC2)c2cc3[n+](cc2c1O)CCc1cc2c(cc1-3)OCO2. The number of rotatable bonds is 4. The van der Waals surface area contributed by atoms with E-state index < -0.39 is 0 Å². The van der Waals surface area contributed by atoms with E-state index in [1.807, 2.05) is 12.1 Å². The molecular formula is C28H28N5O4+. The van der Waals surface area contributed by atoms with E-state index in [4.69, 9.17) is 14.2 Å². The third kappa shape index (κ3) is 3.77. The predicted molar refractivity (Wildman–Crippen MR) is 137 cm³/mol. The zero-order chi connectivity index (χ0) is 24.9. The summed E-state index contributed by atoms with van der Waals surface area (Å²) in [5.74, 6) is 3.06. The van der Waals surface area contributed by atoms with Gasteiger partial charge in [0, 0.05) is 63.0 Å².